The van der Waals surface area contributed by atoms with E-state index < -0.39 is 17.7 Å². The first kappa shape index (κ1) is 12.7. The maximum atomic E-state index is 13.6. The summed E-state index contributed by atoms with van der Waals surface area (Å²) < 4.78 is 28.4. The average Bonchev–Trinajstić information content (AvgIpc) is 2.88. The number of fused-ring (bicyclic) bond motifs is 1. The molecule has 0 fully saturated rings. The zero-order valence-electron chi connectivity index (χ0n) is 10.5. The highest BCUT2D eigenvalue weighted by molar-refractivity contribution is 5.54. The number of pyridine rings is 1. The fraction of sp³-hybridized carbons (Fsp3) is 0.133. The first-order valence-corrected chi connectivity index (χ1v) is 6.20. The number of benzene rings is 1. The SMILES string of the molecule is OC(Cc1cccc(F)c1F)c1cnn2ccccc12. The van der Waals surface area contributed by atoms with E-state index in [9.17, 15) is 13.9 Å². The Labute approximate surface area is 114 Å². The molecule has 3 aromatic rings. The van der Waals surface area contributed by atoms with Gasteiger partial charge in [-0.15, -0.1) is 0 Å². The summed E-state index contributed by atoms with van der Waals surface area (Å²) in [5.41, 5.74) is 1.49. The Morgan fingerprint density at radius 1 is 1.15 bits per heavy atom. The number of rotatable bonds is 3. The molecule has 2 aromatic heterocycles. The minimum Gasteiger partial charge on any atom is -0.388 e. The monoisotopic (exact) mass is 274 g/mol. The van der Waals surface area contributed by atoms with Crippen LogP contribution in [0.1, 0.15) is 17.2 Å². The summed E-state index contributed by atoms with van der Waals surface area (Å²) in [6.07, 6.45) is 2.36. The Bertz CT molecular complexity index is 754. The van der Waals surface area contributed by atoms with E-state index in [-0.39, 0.29) is 12.0 Å². The second-order valence-electron chi connectivity index (χ2n) is 4.56. The van der Waals surface area contributed by atoms with E-state index in [2.05, 4.69) is 5.10 Å². The van der Waals surface area contributed by atoms with Crippen LogP contribution in [0.15, 0.2) is 48.8 Å². The molecular formula is C15H12F2N2O. The van der Waals surface area contributed by atoms with Gasteiger partial charge in [-0.05, 0) is 23.8 Å². The first-order valence-electron chi connectivity index (χ1n) is 6.20. The molecule has 0 aliphatic carbocycles. The van der Waals surface area contributed by atoms with Gasteiger partial charge in [0.05, 0.1) is 17.8 Å². The average molecular weight is 274 g/mol. The van der Waals surface area contributed by atoms with Crippen molar-refractivity contribution in [2.75, 3.05) is 0 Å². The highest BCUT2D eigenvalue weighted by Gasteiger charge is 2.17. The standard InChI is InChI=1S/C15H12F2N2O/c16-12-5-3-4-10(15(12)17)8-14(20)11-9-18-19-7-2-1-6-13(11)19/h1-7,9,14,20H,8H2. The van der Waals surface area contributed by atoms with Crippen LogP contribution in [-0.4, -0.2) is 14.7 Å². The first-order chi connectivity index (χ1) is 9.66. The molecule has 1 aromatic carbocycles. The van der Waals surface area contributed by atoms with Crippen LogP contribution in [0.5, 0.6) is 0 Å². The van der Waals surface area contributed by atoms with Crippen molar-refractivity contribution in [1.82, 2.24) is 9.61 Å². The molecule has 0 bridgehead atoms. The lowest BCUT2D eigenvalue weighted by atomic mass is 10.0. The second-order valence-corrected chi connectivity index (χ2v) is 4.56. The highest BCUT2D eigenvalue weighted by Crippen LogP contribution is 2.24. The normalized spacial score (nSPS) is 12.8. The lowest BCUT2D eigenvalue weighted by molar-refractivity contribution is 0.178. The molecule has 0 amide bonds. The number of halogens is 2. The van der Waals surface area contributed by atoms with Gasteiger partial charge >= 0.3 is 0 Å². The quantitative estimate of drug-likeness (QED) is 0.797. The molecule has 3 rings (SSSR count). The van der Waals surface area contributed by atoms with Crippen molar-refractivity contribution in [1.29, 1.82) is 0 Å². The van der Waals surface area contributed by atoms with E-state index in [1.54, 1.807) is 10.7 Å². The third-order valence-corrected chi connectivity index (χ3v) is 3.26. The molecule has 0 aliphatic rings. The van der Waals surface area contributed by atoms with Crippen LogP contribution < -0.4 is 0 Å². The van der Waals surface area contributed by atoms with Crippen molar-refractivity contribution in [3.05, 3.63) is 71.6 Å². The number of aliphatic hydroxyl groups excluding tert-OH is 1. The van der Waals surface area contributed by atoms with Gasteiger partial charge in [0.2, 0.25) is 0 Å². The molecule has 102 valence electrons. The minimum absolute atomic E-state index is 0.000158. The van der Waals surface area contributed by atoms with E-state index >= 15 is 0 Å². The summed E-state index contributed by atoms with van der Waals surface area (Å²) >= 11 is 0. The molecule has 3 nitrogen and oxygen atoms in total. The third-order valence-electron chi connectivity index (χ3n) is 3.26. The Balaban J connectivity index is 1.93. The molecule has 0 saturated carbocycles. The molecule has 1 atom stereocenters. The van der Waals surface area contributed by atoms with Gasteiger partial charge < -0.3 is 5.11 Å². The predicted molar refractivity (Wildman–Crippen MR) is 70.2 cm³/mol. The summed E-state index contributed by atoms with van der Waals surface area (Å²) in [4.78, 5) is 0. The van der Waals surface area contributed by atoms with Crippen LogP contribution in [-0.2, 0) is 6.42 Å². The summed E-state index contributed by atoms with van der Waals surface area (Å²) in [6.45, 7) is 0. The van der Waals surface area contributed by atoms with Crippen LogP contribution in [0.3, 0.4) is 0 Å². The largest absolute Gasteiger partial charge is 0.388 e. The van der Waals surface area contributed by atoms with Crippen molar-refractivity contribution >= 4 is 5.52 Å². The van der Waals surface area contributed by atoms with Crippen LogP contribution >= 0.6 is 0 Å². The van der Waals surface area contributed by atoms with Gasteiger partial charge in [-0.2, -0.15) is 5.10 Å². The van der Waals surface area contributed by atoms with Crippen LogP contribution in [0.4, 0.5) is 8.78 Å². The van der Waals surface area contributed by atoms with E-state index in [0.717, 1.165) is 11.6 Å². The molecule has 20 heavy (non-hydrogen) atoms. The number of nitrogens with zero attached hydrogens (tertiary/aromatic N) is 2. The third kappa shape index (κ3) is 2.16. The summed E-state index contributed by atoms with van der Waals surface area (Å²) in [6, 6.07) is 9.41. The molecule has 2 heterocycles. The van der Waals surface area contributed by atoms with Gasteiger partial charge in [0.25, 0.3) is 0 Å². The zero-order chi connectivity index (χ0) is 14.1. The van der Waals surface area contributed by atoms with Crippen molar-refractivity contribution in [3.8, 4) is 0 Å². The van der Waals surface area contributed by atoms with E-state index in [1.165, 1.54) is 18.3 Å². The van der Waals surface area contributed by atoms with Gasteiger partial charge in [-0.3, -0.25) is 0 Å². The summed E-state index contributed by atoms with van der Waals surface area (Å²) in [7, 11) is 0. The Morgan fingerprint density at radius 2 is 2.00 bits per heavy atom. The molecule has 0 saturated heterocycles. The minimum atomic E-state index is -0.939. The Kier molecular flexibility index (Phi) is 3.20. The smallest absolute Gasteiger partial charge is 0.162 e. The van der Waals surface area contributed by atoms with E-state index in [0.29, 0.717) is 5.56 Å². The second kappa shape index (κ2) is 5.02. The molecule has 0 aliphatic heterocycles. The van der Waals surface area contributed by atoms with E-state index in [1.807, 2.05) is 18.2 Å². The lowest BCUT2D eigenvalue weighted by Gasteiger charge is -2.10. The lowest BCUT2D eigenvalue weighted by Crippen LogP contribution is -2.04. The Hall–Kier alpha value is -2.27. The maximum absolute atomic E-state index is 13.6. The Morgan fingerprint density at radius 3 is 2.85 bits per heavy atom. The predicted octanol–water partition coefficient (Wildman–Crippen LogP) is 2.89. The highest BCUT2D eigenvalue weighted by atomic mass is 19.2. The zero-order valence-corrected chi connectivity index (χ0v) is 10.5. The van der Waals surface area contributed by atoms with Crippen LogP contribution in [0.25, 0.3) is 5.52 Å². The van der Waals surface area contributed by atoms with Gasteiger partial charge in [-0.1, -0.05) is 18.2 Å². The topological polar surface area (TPSA) is 37.5 Å². The van der Waals surface area contributed by atoms with Crippen LogP contribution in [0, 0.1) is 11.6 Å². The summed E-state index contributed by atoms with van der Waals surface area (Å²) in [5, 5.41) is 14.3. The number of hydrogen-bond acceptors (Lipinski definition) is 2. The molecule has 0 radical (unpaired) electrons. The van der Waals surface area contributed by atoms with Crippen molar-refractivity contribution in [2.24, 2.45) is 0 Å². The van der Waals surface area contributed by atoms with Crippen LogP contribution in [0.2, 0.25) is 0 Å². The molecule has 1 unspecified atom stereocenters. The maximum Gasteiger partial charge on any atom is 0.162 e. The fourth-order valence-corrected chi connectivity index (χ4v) is 2.24. The number of aliphatic hydroxyl groups is 1. The molecule has 5 heteroatoms. The summed E-state index contributed by atoms with van der Waals surface area (Å²) in [5.74, 6) is -1.82. The fourth-order valence-electron chi connectivity index (χ4n) is 2.24. The molecule has 0 spiro atoms. The number of hydrogen-bond donors (Lipinski definition) is 1. The van der Waals surface area contributed by atoms with Crippen molar-refractivity contribution in [2.45, 2.75) is 12.5 Å². The van der Waals surface area contributed by atoms with Gasteiger partial charge in [0.15, 0.2) is 11.6 Å². The van der Waals surface area contributed by atoms with Gasteiger partial charge in [-0.25, -0.2) is 13.3 Å². The van der Waals surface area contributed by atoms with Crippen molar-refractivity contribution in [3.63, 3.8) is 0 Å². The van der Waals surface area contributed by atoms with Gasteiger partial charge in [0, 0.05) is 18.2 Å². The van der Waals surface area contributed by atoms with Crippen molar-refractivity contribution < 1.29 is 13.9 Å². The van der Waals surface area contributed by atoms with E-state index in [4.69, 9.17) is 0 Å². The molecular weight excluding hydrogens is 262 g/mol. The van der Waals surface area contributed by atoms with Gasteiger partial charge in [0.1, 0.15) is 0 Å². The molecule has 1 N–H and O–H groups in total. The number of aromatic nitrogens is 2.